The lowest BCUT2D eigenvalue weighted by Gasteiger charge is -2.15. The van der Waals surface area contributed by atoms with Gasteiger partial charge in [0.25, 0.3) is 0 Å². The van der Waals surface area contributed by atoms with E-state index in [9.17, 15) is 9.90 Å². The van der Waals surface area contributed by atoms with E-state index in [-0.39, 0.29) is 12.5 Å². The van der Waals surface area contributed by atoms with Crippen LogP contribution in [-0.2, 0) is 36.1 Å². The Bertz CT molecular complexity index is 777. The SMILES string of the molecule is Cc1c(CC(=O)O)c2cc3c(cc2n1C)CN(CCOC(C)C)C3. The zero-order valence-electron chi connectivity index (χ0n) is 14.9. The maximum atomic E-state index is 11.2. The number of ether oxygens (including phenoxy) is 1. The van der Waals surface area contributed by atoms with Crippen molar-refractivity contribution in [1.82, 2.24) is 9.47 Å². The monoisotopic (exact) mass is 330 g/mol. The van der Waals surface area contributed by atoms with Crippen molar-refractivity contribution in [2.45, 2.75) is 46.4 Å². The van der Waals surface area contributed by atoms with Crippen molar-refractivity contribution in [3.8, 4) is 0 Å². The second-order valence-corrected chi connectivity index (χ2v) is 6.96. The molecule has 5 nitrogen and oxygen atoms in total. The van der Waals surface area contributed by atoms with E-state index in [1.165, 1.54) is 11.1 Å². The molecule has 3 rings (SSSR count). The third-order valence-electron chi connectivity index (χ3n) is 4.92. The fourth-order valence-electron chi connectivity index (χ4n) is 3.56. The van der Waals surface area contributed by atoms with Crippen molar-refractivity contribution in [3.63, 3.8) is 0 Å². The number of nitrogens with zero attached hydrogens (tertiary/aromatic N) is 2. The van der Waals surface area contributed by atoms with Crippen molar-refractivity contribution in [2.75, 3.05) is 13.2 Å². The van der Waals surface area contributed by atoms with Gasteiger partial charge in [0.1, 0.15) is 0 Å². The highest BCUT2D eigenvalue weighted by molar-refractivity contribution is 5.90. The highest BCUT2D eigenvalue weighted by Gasteiger charge is 2.22. The topological polar surface area (TPSA) is 54.7 Å². The van der Waals surface area contributed by atoms with Gasteiger partial charge in [-0.05, 0) is 49.6 Å². The molecule has 1 aliphatic rings. The Morgan fingerprint density at radius 1 is 1.29 bits per heavy atom. The lowest BCUT2D eigenvalue weighted by atomic mass is 10.0. The summed E-state index contributed by atoms with van der Waals surface area (Å²) in [6.07, 6.45) is 0.340. The van der Waals surface area contributed by atoms with E-state index in [0.717, 1.165) is 48.4 Å². The molecule has 0 aliphatic carbocycles. The molecule has 0 fully saturated rings. The molecule has 130 valence electrons. The third-order valence-corrected chi connectivity index (χ3v) is 4.92. The predicted molar refractivity (Wildman–Crippen MR) is 94.2 cm³/mol. The van der Waals surface area contributed by atoms with E-state index in [2.05, 4.69) is 35.4 Å². The molecule has 1 aromatic carbocycles. The van der Waals surface area contributed by atoms with Gasteiger partial charge in [-0.25, -0.2) is 0 Å². The summed E-state index contributed by atoms with van der Waals surface area (Å²) in [7, 11) is 2.01. The number of rotatable bonds is 6. The van der Waals surface area contributed by atoms with Crippen LogP contribution < -0.4 is 0 Å². The summed E-state index contributed by atoms with van der Waals surface area (Å²) in [4.78, 5) is 13.6. The number of hydrogen-bond acceptors (Lipinski definition) is 3. The maximum Gasteiger partial charge on any atom is 0.307 e. The quantitative estimate of drug-likeness (QED) is 0.885. The van der Waals surface area contributed by atoms with E-state index >= 15 is 0 Å². The molecular formula is C19H26N2O3. The fraction of sp³-hybridized carbons (Fsp3) is 0.526. The number of aliphatic carboxylic acids is 1. The second kappa shape index (κ2) is 6.57. The number of carboxylic acid groups (broad SMARTS) is 1. The summed E-state index contributed by atoms with van der Waals surface area (Å²) < 4.78 is 7.76. The lowest BCUT2D eigenvalue weighted by molar-refractivity contribution is -0.136. The summed E-state index contributed by atoms with van der Waals surface area (Å²) in [6, 6.07) is 4.42. The van der Waals surface area contributed by atoms with Gasteiger partial charge < -0.3 is 14.4 Å². The van der Waals surface area contributed by atoms with Crippen LogP contribution in [0.4, 0.5) is 0 Å². The first-order chi connectivity index (χ1) is 11.4. The minimum Gasteiger partial charge on any atom is -0.481 e. The lowest BCUT2D eigenvalue weighted by Crippen LogP contribution is -2.23. The molecule has 0 saturated heterocycles. The first kappa shape index (κ1) is 17.0. The van der Waals surface area contributed by atoms with Crippen LogP contribution in [0.25, 0.3) is 10.9 Å². The standard InChI is InChI=1S/C19H26N2O3/c1-12(2)24-6-5-21-10-14-7-17-16(9-19(22)23)13(3)20(4)18(17)8-15(14)11-21/h7-8,12H,5-6,9-11H2,1-4H3,(H,22,23). The van der Waals surface area contributed by atoms with Gasteiger partial charge in [0.2, 0.25) is 0 Å². The Hall–Kier alpha value is -1.85. The van der Waals surface area contributed by atoms with Gasteiger partial charge >= 0.3 is 5.97 Å². The summed E-state index contributed by atoms with van der Waals surface area (Å²) >= 11 is 0. The zero-order chi connectivity index (χ0) is 17.4. The van der Waals surface area contributed by atoms with Crippen molar-refractivity contribution in [2.24, 2.45) is 7.05 Å². The van der Waals surface area contributed by atoms with E-state index < -0.39 is 5.97 Å². The van der Waals surface area contributed by atoms with Gasteiger partial charge in [0.05, 0.1) is 19.1 Å². The molecule has 0 radical (unpaired) electrons. The van der Waals surface area contributed by atoms with E-state index in [1.54, 1.807) is 0 Å². The highest BCUT2D eigenvalue weighted by Crippen LogP contribution is 2.32. The van der Waals surface area contributed by atoms with Crippen LogP contribution in [-0.4, -0.2) is 39.8 Å². The van der Waals surface area contributed by atoms with Gasteiger partial charge in [-0.1, -0.05) is 0 Å². The maximum absolute atomic E-state index is 11.2. The molecule has 2 heterocycles. The summed E-state index contributed by atoms with van der Waals surface area (Å²) in [6.45, 7) is 9.62. The molecule has 0 atom stereocenters. The molecule has 0 saturated carbocycles. The Kier molecular flexibility index (Phi) is 4.65. The molecular weight excluding hydrogens is 304 g/mol. The average molecular weight is 330 g/mol. The molecule has 5 heteroatoms. The van der Waals surface area contributed by atoms with Crippen molar-refractivity contribution in [1.29, 1.82) is 0 Å². The van der Waals surface area contributed by atoms with Crippen LogP contribution in [0, 0.1) is 6.92 Å². The van der Waals surface area contributed by atoms with Crippen LogP contribution >= 0.6 is 0 Å². The Morgan fingerprint density at radius 3 is 2.58 bits per heavy atom. The van der Waals surface area contributed by atoms with Crippen LogP contribution in [0.15, 0.2) is 12.1 Å². The molecule has 0 spiro atoms. The minimum atomic E-state index is -0.779. The largest absolute Gasteiger partial charge is 0.481 e. The normalized spacial score (nSPS) is 14.7. The molecule has 1 aliphatic heterocycles. The molecule has 0 bridgehead atoms. The first-order valence-corrected chi connectivity index (χ1v) is 8.52. The molecule has 0 unspecified atom stereocenters. The summed E-state index contributed by atoms with van der Waals surface area (Å²) in [5, 5.41) is 10.3. The Morgan fingerprint density at radius 2 is 1.96 bits per heavy atom. The highest BCUT2D eigenvalue weighted by atomic mass is 16.5. The smallest absolute Gasteiger partial charge is 0.307 e. The van der Waals surface area contributed by atoms with Gasteiger partial charge in [-0.3, -0.25) is 9.69 Å². The van der Waals surface area contributed by atoms with Crippen LogP contribution in [0.5, 0.6) is 0 Å². The Balaban J connectivity index is 1.86. The zero-order valence-corrected chi connectivity index (χ0v) is 14.9. The summed E-state index contributed by atoms with van der Waals surface area (Å²) in [5.41, 5.74) is 5.75. The van der Waals surface area contributed by atoms with Crippen molar-refractivity contribution >= 4 is 16.9 Å². The number of carbonyl (C=O) groups is 1. The van der Waals surface area contributed by atoms with Gasteiger partial charge in [0, 0.05) is 43.3 Å². The van der Waals surface area contributed by atoms with E-state index in [4.69, 9.17) is 4.74 Å². The van der Waals surface area contributed by atoms with Crippen molar-refractivity contribution in [3.05, 3.63) is 34.5 Å². The number of carboxylic acids is 1. The third kappa shape index (κ3) is 3.19. The van der Waals surface area contributed by atoms with Gasteiger partial charge in [-0.15, -0.1) is 0 Å². The number of fused-ring (bicyclic) bond motifs is 2. The minimum absolute atomic E-state index is 0.0773. The predicted octanol–water partition coefficient (Wildman–Crippen LogP) is 2.85. The van der Waals surface area contributed by atoms with Crippen LogP contribution in [0.2, 0.25) is 0 Å². The fourth-order valence-corrected chi connectivity index (χ4v) is 3.56. The van der Waals surface area contributed by atoms with Crippen LogP contribution in [0.1, 0.15) is 36.2 Å². The average Bonchev–Trinajstić information content (AvgIpc) is 2.99. The molecule has 1 aromatic heterocycles. The van der Waals surface area contributed by atoms with Crippen LogP contribution in [0.3, 0.4) is 0 Å². The molecule has 2 aromatic rings. The van der Waals surface area contributed by atoms with Gasteiger partial charge in [0.15, 0.2) is 0 Å². The number of hydrogen-bond donors (Lipinski definition) is 1. The first-order valence-electron chi connectivity index (χ1n) is 8.52. The Labute approximate surface area is 142 Å². The van der Waals surface area contributed by atoms with Gasteiger partial charge in [-0.2, -0.15) is 0 Å². The van der Waals surface area contributed by atoms with E-state index in [1.807, 2.05) is 14.0 Å². The molecule has 1 N–H and O–H groups in total. The number of benzene rings is 1. The molecule has 0 amide bonds. The van der Waals surface area contributed by atoms with E-state index in [0.29, 0.717) is 0 Å². The summed E-state index contributed by atoms with van der Waals surface area (Å²) in [5.74, 6) is -0.779. The molecule has 24 heavy (non-hydrogen) atoms. The van der Waals surface area contributed by atoms with Crippen molar-refractivity contribution < 1.29 is 14.6 Å². The number of aryl methyl sites for hydroxylation is 1. The number of aromatic nitrogens is 1. The second-order valence-electron chi connectivity index (χ2n) is 6.96.